The van der Waals surface area contributed by atoms with Gasteiger partial charge in [0.1, 0.15) is 10.9 Å². The summed E-state index contributed by atoms with van der Waals surface area (Å²) in [5.41, 5.74) is 1.02. The highest BCUT2D eigenvalue weighted by Gasteiger charge is 2.25. The minimum atomic E-state index is -0.658. The van der Waals surface area contributed by atoms with Crippen molar-refractivity contribution in [2.24, 2.45) is 11.8 Å². The lowest BCUT2D eigenvalue weighted by Gasteiger charge is -2.18. The summed E-state index contributed by atoms with van der Waals surface area (Å²) in [6.07, 6.45) is 5.35. The predicted octanol–water partition coefficient (Wildman–Crippen LogP) is 3.73. The molecular formula is C19H26N2O3S. The van der Waals surface area contributed by atoms with Crippen molar-refractivity contribution >= 4 is 27.5 Å². The van der Waals surface area contributed by atoms with Crippen molar-refractivity contribution in [2.75, 3.05) is 6.61 Å². The Morgan fingerprint density at radius 1 is 1.44 bits per heavy atom. The third kappa shape index (κ3) is 3.64. The Balaban J connectivity index is 1.88. The first-order valence-corrected chi connectivity index (χ1v) is 9.88. The summed E-state index contributed by atoms with van der Waals surface area (Å²) < 4.78 is 6.74. The molecule has 0 saturated heterocycles. The number of nitrogens with zero attached hydrogens (tertiary/aromatic N) is 2. The fourth-order valence-corrected chi connectivity index (χ4v) is 4.59. The summed E-state index contributed by atoms with van der Waals surface area (Å²) in [6.45, 7) is 8.50. The Hall–Kier alpha value is -1.69. The van der Waals surface area contributed by atoms with Gasteiger partial charge in [-0.05, 0) is 50.0 Å². The molecule has 25 heavy (non-hydrogen) atoms. The molecule has 0 amide bonds. The van der Waals surface area contributed by atoms with E-state index in [4.69, 9.17) is 4.74 Å². The highest BCUT2D eigenvalue weighted by molar-refractivity contribution is 7.18. The van der Waals surface area contributed by atoms with Crippen LogP contribution in [0.2, 0.25) is 0 Å². The maximum Gasteiger partial charge on any atom is 0.328 e. The zero-order valence-corrected chi connectivity index (χ0v) is 16.2. The van der Waals surface area contributed by atoms with E-state index in [9.17, 15) is 9.59 Å². The average Bonchev–Trinajstić information content (AvgIpc) is 2.92. The number of hydrogen-bond donors (Lipinski definition) is 0. The SMILES string of the molecule is CC(C)CCOC(=O)[C@@H](C)n1cnc2sc3c(c2c1=O)CC[C@@H](C)C3. The van der Waals surface area contributed by atoms with Gasteiger partial charge in [-0.3, -0.25) is 9.36 Å². The molecule has 1 aliphatic carbocycles. The molecule has 0 bridgehead atoms. The molecule has 2 aromatic heterocycles. The van der Waals surface area contributed by atoms with Gasteiger partial charge in [0, 0.05) is 4.88 Å². The van der Waals surface area contributed by atoms with Gasteiger partial charge >= 0.3 is 5.97 Å². The van der Waals surface area contributed by atoms with Crippen LogP contribution in [0, 0.1) is 11.8 Å². The summed E-state index contributed by atoms with van der Waals surface area (Å²) >= 11 is 1.62. The number of carbonyl (C=O) groups is 1. The van der Waals surface area contributed by atoms with Crippen LogP contribution >= 0.6 is 11.3 Å². The van der Waals surface area contributed by atoms with Crippen molar-refractivity contribution < 1.29 is 9.53 Å². The smallest absolute Gasteiger partial charge is 0.328 e. The maximum absolute atomic E-state index is 13.0. The van der Waals surface area contributed by atoms with E-state index in [-0.39, 0.29) is 11.5 Å². The van der Waals surface area contributed by atoms with Crippen LogP contribution < -0.4 is 5.56 Å². The Morgan fingerprint density at radius 3 is 2.92 bits per heavy atom. The average molecular weight is 362 g/mol. The molecule has 3 rings (SSSR count). The van der Waals surface area contributed by atoms with Gasteiger partial charge in [-0.15, -0.1) is 11.3 Å². The number of aromatic nitrogens is 2. The van der Waals surface area contributed by atoms with Crippen LogP contribution in [0.15, 0.2) is 11.1 Å². The first-order chi connectivity index (χ1) is 11.9. The number of hydrogen-bond acceptors (Lipinski definition) is 5. The van der Waals surface area contributed by atoms with Crippen molar-refractivity contribution in [3.8, 4) is 0 Å². The van der Waals surface area contributed by atoms with Crippen LogP contribution in [0.4, 0.5) is 0 Å². The molecule has 0 radical (unpaired) electrons. The molecule has 2 heterocycles. The molecule has 0 unspecified atom stereocenters. The molecule has 0 N–H and O–H groups in total. The first-order valence-electron chi connectivity index (χ1n) is 9.06. The molecule has 0 saturated carbocycles. The maximum atomic E-state index is 13.0. The van der Waals surface area contributed by atoms with E-state index in [0.29, 0.717) is 23.8 Å². The number of ether oxygens (including phenoxy) is 1. The van der Waals surface area contributed by atoms with Crippen molar-refractivity contribution in [3.05, 3.63) is 27.1 Å². The van der Waals surface area contributed by atoms with Gasteiger partial charge in [0.05, 0.1) is 18.3 Å². The monoisotopic (exact) mass is 362 g/mol. The molecular weight excluding hydrogens is 336 g/mol. The molecule has 5 nitrogen and oxygen atoms in total. The highest BCUT2D eigenvalue weighted by Crippen LogP contribution is 2.35. The highest BCUT2D eigenvalue weighted by atomic mass is 32.1. The number of rotatable bonds is 5. The van der Waals surface area contributed by atoms with Crippen molar-refractivity contribution in [3.63, 3.8) is 0 Å². The van der Waals surface area contributed by atoms with Gasteiger partial charge in [0.2, 0.25) is 0 Å². The number of fused-ring (bicyclic) bond motifs is 3. The van der Waals surface area contributed by atoms with Crippen LogP contribution in [0.5, 0.6) is 0 Å². The summed E-state index contributed by atoms with van der Waals surface area (Å²) in [4.78, 5) is 31.8. The minimum Gasteiger partial charge on any atom is -0.464 e. The lowest BCUT2D eigenvalue weighted by Crippen LogP contribution is -2.30. The predicted molar refractivity (Wildman–Crippen MR) is 100 cm³/mol. The third-order valence-corrected chi connectivity index (χ3v) is 6.10. The second kappa shape index (κ2) is 7.28. The molecule has 2 aromatic rings. The summed E-state index contributed by atoms with van der Waals surface area (Å²) in [6, 6.07) is -0.658. The van der Waals surface area contributed by atoms with Crippen molar-refractivity contribution in [1.29, 1.82) is 0 Å². The largest absolute Gasteiger partial charge is 0.464 e. The van der Waals surface area contributed by atoms with E-state index in [2.05, 4.69) is 25.8 Å². The second-order valence-corrected chi connectivity index (χ2v) is 8.60. The van der Waals surface area contributed by atoms with Gasteiger partial charge in [-0.2, -0.15) is 0 Å². The van der Waals surface area contributed by atoms with Gasteiger partial charge in [-0.25, -0.2) is 9.78 Å². The zero-order valence-electron chi connectivity index (χ0n) is 15.4. The van der Waals surface area contributed by atoms with E-state index in [1.165, 1.54) is 15.8 Å². The zero-order chi connectivity index (χ0) is 18.1. The third-order valence-electron chi connectivity index (χ3n) is 4.94. The summed E-state index contributed by atoms with van der Waals surface area (Å²) in [5, 5.41) is 0.705. The Labute approximate surface area is 152 Å². The van der Waals surface area contributed by atoms with Crippen molar-refractivity contribution in [1.82, 2.24) is 9.55 Å². The van der Waals surface area contributed by atoms with Crippen LogP contribution in [-0.4, -0.2) is 22.1 Å². The normalized spacial score (nSPS) is 18.4. The lowest BCUT2D eigenvalue weighted by molar-refractivity contribution is -0.147. The van der Waals surface area contributed by atoms with Crippen LogP contribution in [-0.2, 0) is 22.4 Å². The number of thiophene rings is 1. The molecule has 0 aromatic carbocycles. The van der Waals surface area contributed by atoms with Gasteiger partial charge in [0.25, 0.3) is 5.56 Å². The molecule has 136 valence electrons. The molecule has 1 aliphatic rings. The van der Waals surface area contributed by atoms with E-state index in [0.717, 1.165) is 36.1 Å². The van der Waals surface area contributed by atoms with Crippen LogP contribution in [0.25, 0.3) is 10.2 Å². The van der Waals surface area contributed by atoms with E-state index in [1.54, 1.807) is 18.3 Å². The summed E-state index contributed by atoms with van der Waals surface area (Å²) in [5.74, 6) is 0.753. The number of esters is 1. The quantitative estimate of drug-likeness (QED) is 0.760. The van der Waals surface area contributed by atoms with Crippen LogP contribution in [0.1, 0.15) is 57.0 Å². The number of carbonyl (C=O) groups excluding carboxylic acids is 1. The minimum absolute atomic E-state index is 0.120. The fourth-order valence-electron chi connectivity index (χ4n) is 3.25. The second-order valence-electron chi connectivity index (χ2n) is 7.51. The standard InChI is InChI=1S/C19H26N2O3S/c1-11(2)7-8-24-19(23)13(4)21-10-20-17-16(18(21)22)14-6-5-12(3)9-15(14)25-17/h10-13H,5-9H2,1-4H3/t12-,13-/m1/s1. The van der Waals surface area contributed by atoms with E-state index >= 15 is 0 Å². The first kappa shape index (κ1) is 18.1. The van der Waals surface area contributed by atoms with E-state index < -0.39 is 6.04 Å². The van der Waals surface area contributed by atoms with Crippen molar-refractivity contribution in [2.45, 2.75) is 59.4 Å². The lowest BCUT2D eigenvalue weighted by atomic mass is 9.89. The Morgan fingerprint density at radius 2 is 2.20 bits per heavy atom. The fraction of sp³-hybridized carbons (Fsp3) is 0.632. The molecule has 6 heteroatoms. The Kier molecular flexibility index (Phi) is 5.27. The molecule has 0 aliphatic heterocycles. The molecule has 0 spiro atoms. The van der Waals surface area contributed by atoms with E-state index in [1.807, 2.05) is 0 Å². The van der Waals surface area contributed by atoms with Crippen LogP contribution in [0.3, 0.4) is 0 Å². The number of aryl methyl sites for hydroxylation is 1. The topological polar surface area (TPSA) is 61.2 Å². The summed E-state index contributed by atoms with van der Waals surface area (Å²) in [7, 11) is 0. The molecule has 0 fully saturated rings. The van der Waals surface area contributed by atoms with Gasteiger partial charge in [0.15, 0.2) is 0 Å². The van der Waals surface area contributed by atoms with Gasteiger partial charge < -0.3 is 4.74 Å². The Bertz CT molecular complexity index is 837. The molecule has 2 atom stereocenters. The van der Waals surface area contributed by atoms with Gasteiger partial charge in [-0.1, -0.05) is 20.8 Å².